The molecule has 0 bridgehead atoms. The maximum atomic E-state index is 14.1. The number of aromatic nitrogens is 5. The lowest BCUT2D eigenvalue weighted by Gasteiger charge is -2.24. The number of carbonyl (C=O) groups excluding carboxylic acids is 3. The Bertz CT molecular complexity index is 3120. The number of nitrogens with zero attached hydrogens (tertiary/aromatic N) is 6. The van der Waals surface area contributed by atoms with Gasteiger partial charge in [-0.2, -0.15) is 0 Å². The van der Waals surface area contributed by atoms with E-state index in [-0.39, 0.29) is 45.5 Å². The first kappa shape index (κ1) is 40.1. The van der Waals surface area contributed by atoms with Gasteiger partial charge in [0.05, 0.1) is 37.5 Å². The molecule has 2 aliphatic rings. The van der Waals surface area contributed by atoms with Crippen molar-refractivity contribution in [3.05, 3.63) is 125 Å². The van der Waals surface area contributed by atoms with Crippen molar-refractivity contribution in [1.82, 2.24) is 34.7 Å². The molecule has 316 valence electrons. The number of H-pyrrole nitrogens is 1. The highest BCUT2D eigenvalue weighted by Crippen LogP contribution is 2.37. The Morgan fingerprint density at radius 3 is 2.02 bits per heavy atom. The van der Waals surface area contributed by atoms with Gasteiger partial charge in [-0.15, -0.1) is 0 Å². The predicted molar refractivity (Wildman–Crippen MR) is 239 cm³/mol. The molecule has 14 nitrogen and oxygen atoms in total. The molecular formula is C47H38Cl2N8O6. The molecule has 3 amide bonds. The summed E-state index contributed by atoms with van der Waals surface area (Å²) in [6.07, 6.45) is 4.39. The van der Waals surface area contributed by atoms with Crippen LogP contribution in [0.3, 0.4) is 0 Å². The third kappa shape index (κ3) is 7.34. The van der Waals surface area contributed by atoms with Crippen molar-refractivity contribution in [2.45, 2.75) is 37.8 Å². The van der Waals surface area contributed by atoms with Crippen LogP contribution in [-0.2, 0) is 4.79 Å². The molecule has 10 rings (SSSR count). The zero-order chi connectivity index (χ0) is 43.4. The summed E-state index contributed by atoms with van der Waals surface area (Å²) >= 11 is 12.7. The molecule has 6 heterocycles. The van der Waals surface area contributed by atoms with E-state index < -0.39 is 6.04 Å². The topological polar surface area (TPSA) is 169 Å². The number of oxazole rings is 1. The van der Waals surface area contributed by atoms with Crippen LogP contribution in [0.5, 0.6) is 11.5 Å². The van der Waals surface area contributed by atoms with Crippen molar-refractivity contribution in [3.8, 4) is 34.3 Å². The van der Waals surface area contributed by atoms with E-state index in [1.807, 2.05) is 48.5 Å². The number of ether oxygens (including phenoxy) is 2. The van der Waals surface area contributed by atoms with Crippen molar-refractivity contribution in [2.75, 3.05) is 32.6 Å². The first-order chi connectivity index (χ1) is 30.7. The van der Waals surface area contributed by atoms with Crippen molar-refractivity contribution in [2.24, 2.45) is 0 Å². The van der Waals surface area contributed by atoms with E-state index in [1.165, 1.54) is 0 Å². The minimum absolute atomic E-state index is 0.161. The minimum Gasteiger partial charge on any atom is -0.496 e. The number of fused-ring (bicyclic) bond motifs is 3. The van der Waals surface area contributed by atoms with Crippen LogP contribution in [0, 0.1) is 0 Å². The van der Waals surface area contributed by atoms with Gasteiger partial charge >= 0.3 is 0 Å². The predicted octanol–water partition coefficient (Wildman–Crippen LogP) is 9.53. The molecule has 0 aliphatic carbocycles. The smallest absolute Gasteiger partial charge is 0.273 e. The summed E-state index contributed by atoms with van der Waals surface area (Å²) in [5.41, 5.74) is 4.05. The van der Waals surface area contributed by atoms with E-state index in [4.69, 9.17) is 42.1 Å². The lowest BCUT2D eigenvalue weighted by Crippen LogP contribution is -2.43. The van der Waals surface area contributed by atoms with Gasteiger partial charge in [-0.1, -0.05) is 47.5 Å². The van der Waals surface area contributed by atoms with Gasteiger partial charge in [0, 0.05) is 51.4 Å². The fourth-order valence-corrected chi connectivity index (χ4v) is 9.16. The molecular weight excluding hydrogens is 843 g/mol. The number of halogens is 2. The molecule has 8 aromatic rings. The van der Waals surface area contributed by atoms with E-state index in [1.54, 1.807) is 72.7 Å². The van der Waals surface area contributed by atoms with Crippen LogP contribution >= 0.6 is 23.2 Å². The molecule has 4 aromatic heterocycles. The number of nitrogens with one attached hydrogen (secondary N) is 2. The molecule has 0 spiro atoms. The summed E-state index contributed by atoms with van der Waals surface area (Å²) in [6.45, 7) is 0.963. The van der Waals surface area contributed by atoms with E-state index in [9.17, 15) is 14.4 Å². The molecule has 0 radical (unpaired) electrons. The Labute approximate surface area is 370 Å². The summed E-state index contributed by atoms with van der Waals surface area (Å²) in [5.74, 6) is 1.94. The maximum Gasteiger partial charge on any atom is 0.273 e. The number of amides is 3. The van der Waals surface area contributed by atoms with Gasteiger partial charge in [0.2, 0.25) is 11.8 Å². The zero-order valence-corrected chi connectivity index (χ0v) is 35.5. The second-order valence-corrected chi connectivity index (χ2v) is 16.2. The molecule has 1 unspecified atom stereocenters. The van der Waals surface area contributed by atoms with Crippen molar-refractivity contribution in [3.63, 3.8) is 0 Å². The third-order valence-electron chi connectivity index (χ3n) is 11.8. The van der Waals surface area contributed by atoms with E-state index in [0.29, 0.717) is 82.3 Å². The molecule has 2 atom stereocenters. The number of likely N-dealkylation sites (tertiary alicyclic amines) is 2. The lowest BCUT2D eigenvalue weighted by molar-refractivity contribution is -0.119. The van der Waals surface area contributed by atoms with Gasteiger partial charge in [0.1, 0.15) is 45.1 Å². The fourth-order valence-electron chi connectivity index (χ4n) is 8.77. The van der Waals surface area contributed by atoms with Crippen LogP contribution in [-0.4, -0.2) is 85.8 Å². The molecule has 2 saturated heterocycles. The molecule has 2 N–H and O–H groups in total. The molecule has 2 fully saturated rings. The van der Waals surface area contributed by atoms with E-state index >= 15 is 0 Å². The van der Waals surface area contributed by atoms with Crippen LogP contribution in [0.4, 0.5) is 5.69 Å². The Morgan fingerprint density at radius 2 is 1.35 bits per heavy atom. The highest BCUT2D eigenvalue weighted by Gasteiger charge is 2.37. The number of imidazole rings is 1. The second kappa shape index (κ2) is 16.3. The van der Waals surface area contributed by atoms with Crippen LogP contribution in [0.1, 0.15) is 58.5 Å². The monoisotopic (exact) mass is 880 g/mol. The molecule has 0 saturated carbocycles. The van der Waals surface area contributed by atoms with Gasteiger partial charge in [-0.3, -0.25) is 14.4 Å². The lowest BCUT2D eigenvalue weighted by atomic mass is 10.1. The Morgan fingerprint density at radius 1 is 0.730 bits per heavy atom. The number of pyridine rings is 2. The first-order valence-electron chi connectivity index (χ1n) is 20.4. The SMILES string of the molecule is COc1cccc2c(C(=O)N3CCCC3C(=O)Nc3ccc(-c4ncc(-c5ccc6nc([C@@H]7CCCN7C(=O)c7nc(Cl)cc8c(OC)cccc78)[nH]c6c5)o4)cc3)nc(Cl)cc12. The number of rotatable bonds is 9. The summed E-state index contributed by atoms with van der Waals surface area (Å²) in [7, 11) is 3.14. The normalized spacial score (nSPS) is 16.3. The van der Waals surface area contributed by atoms with Crippen molar-refractivity contribution in [1.29, 1.82) is 0 Å². The summed E-state index contributed by atoms with van der Waals surface area (Å²) < 4.78 is 17.2. The standard InChI is InChI=1S/C47H38Cl2N8O6/c1-61-36-11-3-7-28-30(36)22-39(48)54-41(28)46(59)56-19-5-9-34(56)43-52-32-18-15-26(21-33(32)53-43)38-24-50-45(63-38)25-13-16-27(17-14-25)51-44(58)35-10-6-20-57(35)47(60)42-29-8-4-12-37(62-2)31(29)23-40(49)55-42/h3-4,7-8,11-18,21-24,34-35H,5-6,9-10,19-20H2,1-2H3,(H,51,58)(H,52,53)/t34-,35?/m0/s1. The Hall–Kier alpha value is -7.03. The maximum absolute atomic E-state index is 14.1. The van der Waals surface area contributed by atoms with E-state index in [2.05, 4.69) is 25.3 Å². The number of hydrogen-bond donors (Lipinski definition) is 2. The van der Waals surface area contributed by atoms with Crippen LogP contribution < -0.4 is 14.8 Å². The Kier molecular flexibility index (Phi) is 10.4. The fraction of sp³-hybridized carbons (Fsp3) is 0.213. The van der Waals surface area contributed by atoms with Gasteiger partial charge in [-0.25, -0.2) is 19.9 Å². The summed E-state index contributed by atoms with van der Waals surface area (Å²) in [5, 5.41) is 6.00. The highest BCUT2D eigenvalue weighted by atomic mass is 35.5. The molecule has 16 heteroatoms. The quantitative estimate of drug-likeness (QED) is 0.133. The number of anilines is 1. The van der Waals surface area contributed by atoms with Gasteiger partial charge in [0.15, 0.2) is 5.76 Å². The van der Waals surface area contributed by atoms with Crippen LogP contribution in [0.2, 0.25) is 10.3 Å². The Balaban J connectivity index is 0.825. The number of hydrogen-bond acceptors (Lipinski definition) is 10. The number of methoxy groups -OCH3 is 2. The van der Waals surface area contributed by atoms with Crippen LogP contribution in [0.15, 0.2) is 102 Å². The number of carbonyl (C=O) groups is 3. The largest absolute Gasteiger partial charge is 0.496 e. The van der Waals surface area contributed by atoms with Crippen LogP contribution in [0.25, 0.3) is 55.4 Å². The average Bonchev–Trinajstić information content (AvgIpc) is 4.15. The van der Waals surface area contributed by atoms with Gasteiger partial charge in [0.25, 0.3) is 11.8 Å². The molecule has 63 heavy (non-hydrogen) atoms. The number of benzene rings is 4. The number of aromatic amines is 1. The average molecular weight is 882 g/mol. The summed E-state index contributed by atoms with van der Waals surface area (Å²) in [4.78, 5) is 66.7. The van der Waals surface area contributed by atoms with E-state index in [0.717, 1.165) is 34.8 Å². The zero-order valence-electron chi connectivity index (χ0n) is 34.0. The minimum atomic E-state index is -0.687. The van der Waals surface area contributed by atoms with Crippen molar-refractivity contribution >= 4 is 79.2 Å². The first-order valence-corrected chi connectivity index (χ1v) is 21.2. The second-order valence-electron chi connectivity index (χ2n) is 15.5. The molecule has 2 aliphatic heterocycles. The van der Waals surface area contributed by atoms with Crippen molar-refractivity contribution < 1.29 is 28.3 Å². The summed E-state index contributed by atoms with van der Waals surface area (Å²) in [6, 6.07) is 26.2. The van der Waals surface area contributed by atoms with Gasteiger partial charge in [-0.05, 0) is 92.4 Å². The highest BCUT2D eigenvalue weighted by molar-refractivity contribution is 6.31. The van der Waals surface area contributed by atoms with Gasteiger partial charge < -0.3 is 34.0 Å². The third-order valence-corrected chi connectivity index (χ3v) is 12.2. The molecule has 4 aromatic carbocycles.